The van der Waals surface area contributed by atoms with E-state index >= 15 is 0 Å². The number of hydrogen-bond donors (Lipinski definition) is 3. The van der Waals surface area contributed by atoms with Gasteiger partial charge in [0.15, 0.2) is 6.73 Å². The number of nitrogens with one attached hydrogen (secondary N) is 3. The lowest BCUT2D eigenvalue weighted by Crippen LogP contribution is -2.54. The molecule has 0 aliphatic heterocycles. The molecule has 9 aliphatic rings. The maximum absolute atomic E-state index is 14.4. The number of aromatic nitrogens is 3. The van der Waals surface area contributed by atoms with E-state index in [0.717, 1.165) is 281 Å². The predicted molar refractivity (Wildman–Crippen MR) is 410 cm³/mol. The van der Waals surface area contributed by atoms with Crippen molar-refractivity contribution in [3.05, 3.63) is 31.5 Å². The topological polar surface area (TPSA) is 265 Å². The number of unbranched alkanes of at least 4 members (excludes halogenated alkanes) is 9. The van der Waals surface area contributed by atoms with Crippen molar-refractivity contribution in [2.45, 2.75) is 403 Å². The minimum absolute atomic E-state index is 0.00558. The summed E-state index contributed by atoms with van der Waals surface area (Å²) in [6.45, 7) is 2.01. The Labute approximate surface area is 614 Å². The fourth-order valence-electron chi connectivity index (χ4n) is 17.2. The van der Waals surface area contributed by atoms with Crippen LogP contribution in [0.4, 0.5) is 14.4 Å². The molecule has 0 spiro atoms. The van der Waals surface area contributed by atoms with Crippen molar-refractivity contribution in [2.24, 2.45) is 30.3 Å². The highest BCUT2D eigenvalue weighted by molar-refractivity contribution is 5.96. The molecule has 1 aromatic heterocycles. The van der Waals surface area contributed by atoms with Gasteiger partial charge in [0, 0.05) is 63.1 Å². The van der Waals surface area contributed by atoms with Crippen LogP contribution in [0.5, 0.6) is 0 Å². The van der Waals surface area contributed by atoms with E-state index in [1.165, 1.54) is 38.7 Å². The summed E-state index contributed by atoms with van der Waals surface area (Å²) in [5.41, 5.74) is 1.47. The largest absolute Gasteiger partial charge is 0.442 e. The summed E-state index contributed by atoms with van der Waals surface area (Å²) in [6, 6.07) is 0.809. The zero-order chi connectivity index (χ0) is 71.5. The molecular formula is C79H131N15O9. The van der Waals surface area contributed by atoms with Crippen molar-refractivity contribution >= 4 is 53.3 Å². The maximum Gasteiger partial charge on any atom is 0.336 e. The maximum atomic E-state index is 14.4. The molecule has 0 unspecified atom stereocenters. The van der Waals surface area contributed by atoms with E-state index in [4.69, 9.17) is 34.4 Å². The van der Waals surface area contributed by atoms with E-state index in [1.807, 2.05) is 4.90 Å². The molecule has 0 saturated heterocycles. The van der Waals surface area contributed by atoms with Gasteiger partial charge >= 0.3 is 47.2 Å². The number of amides is 6. The Morgan fingerprint density at radius 2 is 0.602 bits per heavy atom. The number of carbonyl (C=O) groups is 3. The summed E-state index contributed by atoms with van der Waals surface area (Å²) < 4.78 is 10.2. The van der Waals surface area contributed by atoms with Crippen molar-refractivity contribution in [3.8, 4) is 0 Å². The molecule has 576 valence electrons. The molecule has 0 aromatic carbocycles. The van der Waals surface area contributed by atoms with Gasteiger partial charge in [-0.25, -0.2) is 72.1 Å². The number of nitrogens with zero attached hydrogens (tertiary/aromatic N) is 12. The summed E-state index contributed by atoms with van der Waals surface area (Å²) in [4.78, 5) is 124. The molecule has 10 rings (SSSR count). The van der Waals surface area contributed by atoms with Crippen molar-refractivity contribution in [1.82, 2.24) is 44.4 Å². The monoisotopic (exact) mass is 1430 g/mol. The van der Waals surface area contributed by atoms with E-state index in [9.17, 15) is 28.8 Å². The molecule has 103 heavy (non-hydrogen) atoms. The molecule has 9 aliphatic carbocycles. The summed E-state index contributed by atoms with van der Waals surface area (Å²) in [6.07, 6.45) is 51.9. The summed E-state index contributed by atoms with van der Waals surface area (Å²) in [5, 5.41) is 18.8. The van der Waals surface area contributed by atoms with E-state index in [-0.39, 0.29) is 80.7 Å². The average molecular weight is 1440 g/mol. The molecule has 1 heterocycles. The number of urea groups is 3. The smallest absolute Gasteiger partial charge is 0.336 e. The molecule has 6 amide bonds. The first kappa shape index (κ1) is 79.2. The third kappa shape index (κ3) is 25.7. The number of carbonyl (C=O) groups excluding carboxylic acids is 3. The van der Waals surface area contributed by atoms with Crippen molar-refractivity contribution in [3.63, 3.8) is 0 Å². The summed E-state index contributed by atoms with van der Waals surface area (Å²) >= 11 is 0. The summed E-state index contributed by atoms with van der Waals surface area (Å²) in [5.74, 6) is 0. The molecule has 9 saturated carbocycles. The number of aliphatic imine (C=N–C) groups is 4. The van der Waals surface area contributed by atoms with Crippen molar-refractivity contribution in [2.75, 3.05) is 26.4 Å². The van der Waals surface area contributed by atoms with Gasteiger partial charge in [0.1, 0.15) is 0 Å². The van der Waals surface area contributed by atoms with E-state index in [0.29, 0.717) is 95.5 Å². The molecule has 3 N–H and O–H groups in total. The minimum atomic E-state index is -0.592. The van der Waals surface area contributed by atoms with Crippen LogP contribution in [0.25, 0.3) is 0 Å². The van der Waals surface area contributed by atoms with Crippen LogP contribution in [0.3, 0.4) is 0 Å². The second kappa shape index (κ2) is 44.6. The third-order valence-electron chi connectivity index (χ3n) is 23.4. The van der Waals surface area contributed by atoms with Gasteiger partial charge in [-0.3, -0.25) is 4.99 Å². The Kier molecular flexibility index (Phi) is 34.3. The van der Waals surface area contributed by atoms with Gasteiger partial charge in [0.05, 0.1) is 29.5 Å². The Morgan fingerprint density at radius 3 is 0.922 bits per heavy atom. The first-order valence-electron chi connectivity index (χ1n) is 42.2. The van der Waals surface area contributed by atoms with Gasteiger partial charge in [-0.1, -0.05) is 164 Å². The highest BCUT2D eigenvalue weighted by Gasteiger charge is 2.36. The highest BCUT2D eigenvalue weighted by Crippen LogP contribution is 2.31. The Balaban J connectivity index is 0.751. The van der Waals surface area contributed by atoms with E-state index < -0.39 is 17.1 Å². The second-order valence-corrected chi connectivity index (χ2v) is 31.5. The number of oxime groups is 2. The fourth-order valence-corrected chi connectivity index (χ4v) is 17.2. The molecule has 9 fully saturated rings. The average Bonchev–Trinajstić information content (AvgIpc) is 1.44. The molecular weight excluding hydrogens is 1300 g/mol. The van der Waals surface area contributed by atoms with Crippen LogP contribution in [0, 0.1) is 0 Å². The van der Waals surface area contributed by atoms with Crippen LogP contribution in [-0.4, -0.2) is 144 Å². The SMILES string of the molecule is O=C(NCCCCCCn1c(=O)n(CCCCCCNC(=O)N(/C(=N/C2CCCCC2)ON=C2CCCC2)C2CCCCC2)c(=O)n(CCCCCCNC(=O)N(/C(=N/C2CCCCC2)ON=C2CCCC2)C2CCCCC2)c1=O)N(/C(=N/C1CCCCC1)OCN=C1CCCC1)C1CCCCC1. The van der Waals surface area contributed by atoms with Gasteiger partial charge in [-0.15, -0.1) is 0 Å². The highest BCUT2D eigenvalue weighted by atomic mass is 16.7. The summed E-state index contributed by atoms with van der Waals surface area (Å²) in [7, 11) is 0. The molecule has 1 aromatic rings. The van der Waals surface area contributed by atoms with Crippen LogP contribution in [0.1, 0.15) is 347 Å². The van der Waals surface area contributed by atoms with Gasteiger partial charge in [-0.2, -0.15) is 0 Å². The first-order chi connectivity index (χ1) is 50.7. The molecule has 24 nitrogen and oxygen atoms in total. The zero-order valence-electron chi connectivity index (χ0n) is 63.1. The van der Waals surface area contributed by atoms with Crippen molar-refractivity contribution < 1.29 is 28.8 Å². The zero-order valence-corrected chi connectivity index (χ0v) is 63.1. The Bertz CT molecular complexity index is 2970. The number of hydrogen-bond acceptors (Lipinski definition) is 15. The Hall–Kier alpha value is -6.36. The molecule has 0 atom stereocenters. The lowest BCUT2D eigenvalue weighted by atomic mass is 9.94. The fraction of sp³-hybridized carbons (Fsp3) is 0.848. The third-order valence-corrected chi connectivity index (χ3v) is 23.4. The van der Waals surface area contributed by atoms with Gasteiger partial charge in [-0.05, 0) is 193 Å². The lowest BCUT2D eigenvalue weighted by Gasteiger charge is -2.34. The van der Waals surface area contributed by atoms with Gasteiger partial charge < -0.3 is 30.4 Å². The van der Waals surface area contributed by atoms with Crippen molar-refractivity contribution in [1.29, 1.82) is 0 Å². The van der Waals surface area contributed by atoms with E-state index in [1.54, 1.807) is 9.80 Å². The van der Waals surface area contributed by atoms with Crippen LogP contribution in [0.15, 0.2) is 44.7 Å². The standard InChI is InChI=1S/C79H131N15O9/c95-71(92(68-49-19-10-20-50-68)74(84-63-39-13-7-14-40-63)101-61-83-62-37-25-26-38-62)80-55-31-1-4-34-58-89-77(98)90(59-35-5-2-32-56-81-72(96)93(69-51-21-11-22-52-69)75(85-64-41-15-8-16-42-64)102-87-66-45-27-28-46-66)79(100)91(78(89)99)60-36-6-3-33-57-82-73(97)94(70-53-23-12-24-54-70)76(86-65-43-17-9-18-44-65)103-88-67-47-29-30-48-67/h63-65,68-70H,1-61H2,(H,80,95)(H,81,96)(H,82,97)/b84-74-,85-75-,86-76-. The van der Waals surface area contributed by atoms with Crippen LogP contribution >= 0.6 is 0 Å². The lowest BCUT2D eigenvalue weighted by molar-refractivity contribution is 0.164. The predicted octanol–water partition coefficient (Wildman–Crippen LogP) is 15.8. The number of amidine groups is 3. The molecule has 24 heteroatoms. The quantitative estimate of drug-likeness (QED) is 0.0276. The van der Waals surface area contributed by atoms with Gasteiger partial charge in [0.25, 0.3) is 6.02 Å². The second-order valence-electron chi connectivity index (χ2n) is 31.5. The van der Waals surface area contributed by atoms with E-state index in [2.05, 4.69) is 26.3 Å². The van der Waals surface area contributed by atoms with Crippen LogP contribution < -0.4 is 33.0 Å². The number of rotatable bonds is 31. The van der Waals surface area contributed by atoms with Crippen LogP contribution in [0.2, 0.25) is 0 Å². The Morgan fingerprint density at radius 1 is 0.330 bits per heavy atom. The minimum Gasteiger partial charge on any atom is -0.442 e. The molecule has 0 bridgehead atoms. The number of ether oxygens (including phenoxy) is 1. The molecule has 0 radical (unpaired) electrons. The van der Waals surface area contributed by atoms with Crippen LogP contribution in [-0.2, 0) is 34.0 Å². The first-order valence-corrected chi connectivity index (χ1v) is 42.2. The normalized spacial score (nSPS) is 20.6. The van der Waals surface area contributed by atoms with Gasteiger partial charge in [0.2, 0.25) is 0 Å².